The number of para-hydroxylation sites is 1. The van der Waals surface area contributed by atoms with Gasteiger partial charge >= 0.3 is 0 Å². The third-order valence-electron chi connectivity index (χ3n) is 2.15. The first kappa shape index (κ1) is 13.0. The van der Waals surface area contributed by atoms with Crippen LogP contribution in [-0.2, 0) is 10.8 Å². The van der Waals surface area contributed by atoms with Crippen LogP contribution < -0.4 is 4.90 Å². The Bertz CT molecular complexity index is 397. The molecule has 0 aliphatic heterocycles. The van der Waals surface area contributed by atoms with Crippen LogP contribution in [0.1, 0.15) is 13.8 Å². The van der Waals surface area contributed by atoms with Crippen molar-refractivity contribution in [2.45, 2.75) is 18.7 Å². The zero-order chi connectivity index (χ0) is 12.1. The summed E-state index contributed by atoms with van der Waals surface area (Å²) in [6, 6.07) is 7.78. The first-order chi connectivity index (χ1) is 7.52. The molecule has 88 valence electrons. The number of allylic oxidation sites excluding steroid dienone is 1. The molecule has 0 heterocycles. The van der Waals surface area contributed by atoms with Crippen molar-refractivity contribution in [1.82, 2.24) is 0 Å². The van der Waals surface area contributed by atoms with Gasteiger partial charge in [0.1, 0.15) is 0 Å². The van der Waals surface area contributed by atoms with E-state index in [1.165, 1.54) is 0 Å². The van der Waals surface area contributed by atoms with Gasteiger partial charge in [0.25, 0.3) is 0 Å². The van der Waals surface area contributed by atoms with Gasteiger partial charge in [0.05, 0.1) is 21.4 Å². The second kappa shape index (κ2) is 5.85. The summed E-state index contributed by atoms with van der Waals surface area (Å²) in [5.74, 6) is 0.426. The number of hydrogen-bond acceptors (Lipinski definition) is 2. The van der Waals surface area contributed by atoms with E-state index < -0.39 is 10.8 Å². The van der Waals surface area contributed by atoms with Gasteiger partial charge in [-0.25, -0.2) is 4.21 Å². The highest BCUT2D eigenvalue weighted by atomic mass is 32.2. The van der Waals surface area contributed by atoms with Gasteiger partial charge < -0.3 is 4.90 Å². The molecule has 0 aliphatic rings. The van der Waals surface area contributed by atoms with Crippen LogP contribution in [0, 0.1) is 5.92 Å². The fourth-order valence-corrected chi connectivity index (χ4v) is 2.57. The van der Waals surface area contributed by atoms with Crippen molar-refractivity contribution in [3.05, 3.63) is 35.7 Å². The Balaban J connectivity index is 2.99. The van der Waals surface area contributed by atoms with Gasteiger partial charge in [-0.1, -0.05) is 32.1 Å². The Hall–Kier alpha value is -1.09. The highest BCUT2D eigenvalue weighted by Gasteiger charge is 2.07. The molecule has 1 unspecified atom stereocenters. The molecule has 1 atom stereocenters. The highest BCUT2D eigenvalue weighted by Crippen LogP contribution is 2.22. The predicted octanol–water partition coefficient (Wildman–Crippen LogP) is 3.03. The van der Waals surface area contributed by atoms with Crippen LogP contribution >= 0.6 is 0 Å². The Morgan fingerprint density at radius 2 is 1.88 bits per heavy atom. The molecule has 0 saturated heterocycles. The predicted molar refractivity (Wildman–Crippen MR) is 71.2 cm³/mol. The molecule has 0 bridgehead atoms. The third kappa shape index (κ3) is 3.49. The van der Waals surface area contributed by atoms with E-state index in [0.717, 1.165) is 10.6 Å². The minimum absolute atomic E-state index is 0.426. The molecule has 0 amide bonds. The maximum absolute atomic E-state index is 12.1. The second-order valence-electron chi connectivity index (χ2n) is 4.23. The monoisotopic (exact) mass is 237 g/mol. The lowest BCUT2D eigenvalue weighted by atomic mass is 10.2. The van der Waals surface area contributed by atoms with Crippen molar-refractivity contribution in [1.29, 1.82) is 0 Å². The lowest BCUT2D eigenvalue weighted by Crippen LogP contribution is -2.11. The van der Waals surface area contributed by atoms with Crippen molar-refractivity contribution < 1.29 is 4.21 Å². The number of nitrogens with zero attached hydrogens (tertiary/aromatic N) is 1. The van der Waals surface area contributed by atoms with Gasteiger partial charge in [0.15, 0.2) is 0 Å². The SMILES string of the molecule is CC(C)/C=C/S(=O)c1ccccc1N(C)C. The van der Waals surface area contributed by atoms with E-state index in [9.17, 15) is 4.21 Å². The molecule has 0 aliphatic carbocycles. The fourth-order valence-electron chi connectivity index (χ4n) is 1.30. The molecular formula is C13H19NOS. The minimum atomic E-state index is -1.06. The second-order valence-corrected chi connectivity index (χ2v) is 5.54. The summed E-state index contributed by atoms with van der Waals surface area (Å²) in [7, 11) is 2.86. The molecule has 1 aromatic rings. The van der Waals surface area contributed by atoms with Crippen LogP contribution in [0.3, 0.4) is 0 Å². The number of hydrogen-bond donors (Lipinski definition) is 0. The van der Waals surface area contributed by atoms with Crippen molar-refractivity contribution in [2.24, 2.45) is 5.92 Å². The van der Waals surface area contributed by atoms with E-state index in [-0.39, 0.29) is 0 Å². The lowest BCUT2D eigenvalue weighted by molar-refractivity contribution is 0.688. The molecule has 0 radical (unpaired) electrons. The first-order valence-electron chi connectivity index (χ1n) is 5.37. The van der Waals surface area contributed by atoms with Gasteiger partial charge in [0.2, 0.25) is 0 Å². The number of benzene rings is 1. The molecule has 2 nitrogen and oxygen atoms in total. The summed E-state index contributed by atoms with van der Waals surface area (Å²) in [6.45, 7) is 4.15. The number of anilines is 1. The van der Waals surface area contributed by atoms with Crippen LogP contribution in [0.25, 0.3) is 0 Å². The summed E-state index contributed by atoms with van der Waals surface area (Å²) in [6.07, 6.45) is 1.97. The standard InChI is InChI=1S/C13H19NOS/c1-11(2)9-10-16(15)13-8-6-5-7-12(13)14(3)4/h5-11H,1-4H3/b10-9+. The molecule has 1 rings (SSSR count). The average Bonchev–Trinajstić information content (AvgIpc) is 2.25. The van der Waals surface area contributed by atoms with Crippen LogP contribution in [0.5, 0.6) is 0 Å². The van der Waals surface area contributed by atoms with Crippen molar-refractivity contribution in [2.75, 3.05) is 19.0 Å². The fraction of sp³-hybridized carbons (Fsp3) is 0.385. The molecule has 3 heteroatoms. The van der Waals surface area contributed by atoms with Crippen LogP contribution in [0.15, 0.2) is 40.6 Å². The summed E-state index contributed by atoms with van der Waals surface area (Å²) in [5.41, 5.74) is 1.01. The van der Waals surface area contributed by atoms with E-state index in [1.807, 2.05) is 49.3 Å². The summed E-state index contributed by atoms with van der Waals surface area (Å²) < 4.78 is 12.1. The topological polar surface area (TPSA) is 20.3 Å². The molecule has 0 aromatic heterocycles. The maximum atomic E-state index is 12.1. The van der Waals surface area contributed by atoms with E-state index in [4.69, 9.17) is 0 Å². The molecule has 1 aromatic carbocycles. The van der Waals surface area contributed by atoms with E-state index >= 15 is 0 Å². The maximum Gasteiger partial charge on any atom is 0.0793 e. The third-order valence-corrected chi connectivity index (χ3v) is 3.33. The van der Waals surface area contributed by atoms with Crippen LogP contribution in [0.4, 0.5) is 5.69 Å². The Kier molecular flexibility index (Phi) is 4.74. The molecule has 0 spiro atoms. The highest BCUT2D eigenvalue weighted by molar-refractivity contribution is 7.88. The van der Waals surface area contributed by atoms with Crippen LogP contribution in [0.2, 0.25) is 0 Å². The molecule has 16 heavy (non-hydrogen) atoms. The number of rotatable bonds is 4. The quantitative estimate of drug-likeness (QED) is 0.802. The summed E-state index contributed by atoms with van der Waals surface area (Å²) >= 11 is 0. The van der Waals surface area contributed by atoms with Crippen molar-refractivity contribution in [3.8, 4) is 0 Å². The van der Waals surface area contributed by atoms with Gasteiger partial charge in [-0.2, -0.15) is 0 Å². The Morgan fingerprint density at radius 3 is 2.44 bits per heavy atom. The molecule has 0 saturated carbocycles. The van der Waals surface area contributed by atoms with Gasteiger partial charge in [0, 0.05) is 19.5 Å². The lowest BCUT2D eigenvalue weighted by Gasteiger charge is -2.15. The van der Waals surface area contributed by atoms with E-state index in [1.54, 1.807) is 5.41 Å². The minimum Gasteiger partial charge on any atom is -0.377 e. The summed E-state index contributed by atoms with van der Waals surface area (Å²) in [4.78, 5) is 2.85. The van der Waals surface area contributed by atoms with Crippen LogP contribution in [-0.4, -0.2) is 18.3 Å². The molecule has 0 fully saturated rings. The van der Waals surface area contributed by atoms with E-state index in [2.05, 4.69) is 13.8 Å². The first-order valence-corrected chi connectivity index (χ1v) is 6.59. The van der Waals surface area contributed by atoms with E-state index in [0.29, 0.717) is 5.92 Å². The van der Waals surface area contributed by atoms with Gasteiger partial charge in [-0.15, -0.1) is 0 Å². The smallest absolute Gasteiger partial charge is 0.0793 e. The van der Waals surface area contributed by atoms with Crippen molar-refractivity contribution >= 4 is 16.5 Å². The largest absolute Gasteiger partial charge is 0.377 e. The molecule has 0 N–H and O–H groups in total. The van der Waals surface area contributed by atoms with Gasteiger partial charge in [-0.3, -0.25) is 0 Å². The zero-order valence-electron chi connectivity index (χ0n) is 10.3. The Labute approximate surface area is 100 Å². The normalized spacial score (nSPS) is 13.3. The average molecular weight is 237 g/mol. The molecular weight excluding hydrogens is 218 g/mol. The zero-order valence-corrected chi connectivity index (χ0v) is 11.1. The Morgan fingerprint density at radius 1 is 1.25 bits per heavy atom. The summed E-state index contributed by atoms with van der Waals surface area (Å²) in [5, 5.41) is 1.77. The van der Waals surface area contributed by atoms with Gasteiger partial charge in [-0.05, 0) is 18.1 Å². The van der Waals surface area contributed by atoms with Crippen molar-refractivity contribution in [3.63, 3.8) is 0 Å².